The largest absolute Gasteiger partial charge is 0.430 e. The van der Waals surface area contributed by atoms with Crippen molar-refractivity contribution in [3.05, 3.63) is 82.9 Å². The molecule has 1 aliphatic heterocycles. The Kier molecular flexibility index (Phi) is 4.90. The maximum absolute atomic E-state index is 13.9. The molecule has 0 bridgehead atoms. The molecule has 2 atom stereocenters. The molecule has 5 heteroatoms. The average Bonchev–Trinajstić information content (AvgIpc) is 2.69. The Morgan fingerprint density at radius 1 is 1.04 bits per heavy atom. The molecule has 1 heterocycles. The van der Waals surface area contributed by atoms with Crippen molar-refractivity contribution < 1.29 is 23.5 Å². The predicted molar refractivity (Wildman–Crippen MR) is 100.0 cm³/mol. The molecule has 0 fully saturated rings. The predicted octanol–water partition coefficient (Wildman–Crippen LogP) is 4.36. The fourth-order valence-electron chi connectivity index (χ4n) is 4.06. The normalized spacial score (nSPS) is 21.9. The first-order valence-corrected chi connectivity index (χ1v) is 9.36. The van der Waals surface area contributed by atoms with Crippen molar-refractivity contribution in [1.29, 1.82) is 0 Å². The van der Waals surface area contributed by atoms with Crippen molar-refractivity contribution in [2.75, 3.05) is 0 Å². The van der Waals surface area contributed by atoms with Crippen molar-refractivity contribution >= 4 is 17.5 Å². The van der Waals surface area contributed by atoms with Gasteiger partial charge in [0.15, 0.2) is 11.6 Å². The summed E-state index contributed by atoms with van der Waals surface area (Å²) in [6.07, 6.45) is 1.38. The van der Waals surface area contributed by atoms with Crippen LogP contribution >= 0.6 is 0 Å². The summed E-state index contributed by atoms with van der Waals surface area (Å²) in [6.45, 7) is 0. The lowest BCUT2D eigenvalue weighted by Crippen LogP contribution is -2.36. The standard InChI is InChI=1S/C23H19FO4/c24-16-9-4-8-15(12-16)21-17(13-19(26)14-6-2-1-3-7-14)23(27)28-20-11-5-10-18(25)22(20)21/h1-4,6-9,12,17,21H,5,10-11,13H2/t17-,21?/m1/s1. The summed E-state index contributed by atoms with van der Waals surface area (Å²) in [4.78, 5) is 38.2. The van der Waals surface area contributed by atoms with Crippen LogP contribution in [0.1, 0.15) is 47.5 Å². The highest BCUT2D eigenvalue weighted by molar-refractivity contribution is 6.03. The molecular weight excluding hydrogens is 359 g/mol. The van der Waals surface area contributed by atoms with E-state index in [-0.39, 0.29) is 18.0 Å². The van der Waals surface area contributed by atoms with Gasteiger partial charge in [-0.3, -0.25) is 14.4 Å². The minimum atomic E-state index is -0.865. The van der Waals surface area contributed by atoms with Gasteiger partial charge in [0.25, 0.3) is 0 Å². The summed E-state index contributed by atoms with van der Waals surface area (Å²) < 4.78 is 19.4. The molecule has 0 saturated carbocycles. The third-order valence-corrected chi connectivity index (χ3v) is 5.36. The Bertz CT molecular complexity index is 977. The van der Waals surface area contributed by atoms with Crippen LogP contribution in [0.5, 0.6) is 0 Å². The molecule has 2 aliphatic rings. The second-order valence-corrected chi connectivity index (χ2v) is 7.17. The quantitative estimate of drug-likeness (QED) is 0.586. The van der Waals surface area contributed by atoms with Crippen LogP contribution in [0, 0.1) is 11.7 Å². The smallest absolute Gasteiger partial charge is 0.315 e. The van der Waals surface area contributed by atoms with E-state index in [2.05, 4.69) is 0 Å². The van der Waals surface area contributed by atoms with E-state index in [9.17, 15) is 18.8 Å². The number of hydrogen-bond acceptors (Lipinski definition) is 4. The molecular formula is C23H19FO4. The van der Waals surface area contributed by atoms with E-state index in [0.717, 1.165) is 0 Å². The molecule has 4 rings (SSSR count). The van der Waals surface area contributed by atoms with Gasteiger partial charge in [-0.1, -0.05) is 42.5 Å². The van der Waals surface area contributed by atoms with Gasteiger partial charge < -0.3 is 4.74 Å². The van der Waals surface area contributed by atoms with Gasteiger partial charge in [0.2, 0.25) is 0 Å². The number of benzene rings is 2. The third kappa shape index (κ3) is 3.40. The number of Topliss-reactive ketones (excluding diaryl/α,β-unsaturated/α-hetero) is 2. The van der Waals surface area contributed by atoms with Crippen LogP contribution in [0.15, 0.2) is 65.9 Å². The zero-order valence-electron chi connectivity index (χ0n) is 15.2. The third-order valence-electron chi connectivity index (χ3n) is 5.36. The molecule has 2 aromatic rings. The number of carbonyl (C=O) groups is 3. The highest BCUT2D eigenvalue weighted by atomic mass is 19.1. The zero-order chi connectivity index (χ0) is 19.7. The maximum Gasteiger partial charge on any atom is 0.315 e. The lowest BCUT2D eigenvalue weighted by atomic mass is 9.72. The van der Waals surface area contributed by atoms with Gasteiger partial charge in [0.05, 0.1) is 5.92 Å². The SMILES string of the molecule is O=C1CCCC2=C1C(c1cccc(F)c1)[C@@H](CC(=O)c1ccccc1)C(=O)O2. The van der Waals surface area contributed by atoms with Crippen molar-refractivity contribution in [1.82, 2.24) is 0 Å². The summed E-state index contributed by atoms with van der Waals surface area (Å²) in [7, 11) is 0. The maximum atomic E-state index is 13.9. The number of halogens is 1. The van der Waals surface area contributed by atoms with Crippen molar-refractivity contribution in [2.24, 2.45) is 5.92 Å². The van der Waals surface area contributed by atoms with Gasteiger partial charge in [-0.25, -0.2) is 4.39 Å². The van der Waals surface area contributed by atoms with E-state index >= 15 is 0 Å². The van der Waals surface area contributed by atoms with Crippen LogP contribution in [0.2, 0.25) is 0 Å². The minimum Gasteiger partial charge on any atom is -0.430 e. The fourth-order valence-corrected chi connectivity index (χ4v) is 4.06. The van der Waals surface area contributed by atoms with Crippen LogP contribution in [0.4, 0.5) is 4.39 Å². The highest BCUT2D eigenvalue weighted by Crippen LogP contribution is 2.45. The molecule has 0 aromatic heterocycles. The summed E-state index contributed by atoms with van der Waals surface area (Å²) in [6, 6.07) is 14.6. The molecule has 1 aliphatic carbocycles. The van der Waals surface area contributed by atoms with Gasteiger partial charge in [-0.2, -0.15) is 0 Å². The molecule has 4 nitrogen and oxygen atoms in total. The van der Waals surface area contributed by atoms with Crippen LogP contribution in [-0.4, -0.2) is 17.5 Å². The highest BCUT2D eigenvalue weighted by Gasteiger charge is 2.44. The number of allylic oxidation sites excluding steroid dienone is 2. The van der Waals surface area contributed by atoms with E-state index in [1.165, 1.54) is 12.1 Å². The number of rotatable bonds is 4. The Labute approximate surface area is 162 Å². The second kappa shape index (κ2) is 7.50. The number of ether oxygens (including phenoxy) is 1. The molecule has 2 aromatic carbocycles. The van der Waals surface area contributed by atoms with Gasteiger partial charge in [-0.15, -0.1) is 0 Å². The van der Waals surface area contributed by atoms with Crippen molar-refractivity contribution in [3.8, 4) is 0 Å². The Hall–Kier alpha value is -3.08. The molecule has 0 spiro atoms. The summed E-state index contributed by atoms with van der Waals surface area (Å²) in [5, 5.41) is 0. The van der Waals surface area contributed by atoms with Crippen molar-refractivity contribution in [2.45, 2.75) is 31.6 Å². The molecule has 0 saturated heterocycles. The molecule has 142 valence electrons. The zero-order valence-corrected chi connectivity index (χ0v) is 15.2. The lowest BCUT2D eigenvalue weighted by molar-refractivity contribution is -0.147. The summed E-state index contributed by atoms with van der Waals surface area (Å²) in [5.41, 5.74) is 1.43. The number of ketones is 2. The average molecular weight is 378 g/mol. The van der Waals surface area contributed by atoms with E-state index in [4.69, 9.17) is 4.74 Å². The summed E-state index contributed by atoms with van der Waals surface area (Å²) in [5.74, 6) is -2.46. The van der Waals surface area contributed by atoms with Gasteiger partial charge in [0.1, 0.15) is 11.6 Å². The fraction of sp³-hybridized carbons (Fsp3) is 0.261. The van der Waals surface area contributed by atoms with E-state index in [1.807, 2.05) is 0 Å². The first kappa shape index (κ1) is 18.3. The second-order valence-electron chi connectivity index (χ2n) is 7.17. The number of esters is 1. The molecule has 28 heavy (non-hydrogen) atoms. The lowest BCUT2D eigenvalue weighted by Gasteiger charge is -2.35. The monoisotopic (exact) mass is 378 g/mol. The topological polar surface area (TPSA) is 60.4 Å². The van der Waals surface area contributed by atoms with Crippen LogP contribution in [0.3, 0.4) is 0 Å². The molecule has 1 unspecified atom stereocenters. The van der Waals surface area contributed by atoms with E-state index < -0.39 is 23.6 Å². The Morgan fingerprint density at radius 3 is 2.57 bits per heavy atom. The van der Waals surface area contributed by atoms with E-state index in [1.54, 1.807) is 42.5 Å². The Balaban J connectivity index is 1.77. The van der Waals surface area contributed by atoms with Gasteiger partial charge in [-0.05, 0) is 24.1 Å². The number of hydrogen-bond donors (Lipinski definition) is 0. The van der Waals surface area contributed by atoms with Gasteiger partial charge >= 0.3 is 5.97 Å². The Morgan fingerprint density at radius 2 is 1.82 bits per heavy atom. The molecule has 0 radical (unpaired) electrons. The molecule has 0 amide bonds. The minimum absolute atomic E-state index is 0.0971. The van der Waals surface area contributed by atoms with Crippen LogP contribution in [0.25, 0.3) is 0 Å². The first-order chi connectivity index (χ1) is 13.5. The first-order valence-electron chi connectivity index (χ1n) is 9.36. The number of carbonyl (C=O) groups excluding carboxylic acids is 3. The van der Waals surface area contributed by atoms with E-state index in [0.29, 0.717) is 41.7 Å². The van der Waals surface area contributed by atoms with Gasteiger partial charge in [0, 0.05) is 36.3 Å². The van der Waals surface area contributed by atoms with Crippen LogP contribution in [-0.2, 0) is 14.3 Å². The van der Waals surface area contributed by atoms with Crippen molar-refractivity contribution in [3.63, 3.8) is 0 Å². The summed E-state index contributed by atoms with van der Waals surface area (Å²) >= 11 is 0. The molecule has 0 N–H and O–H groups in total. The van der Waals surface area contributed by atoms with Crippen LogP contribution < -0.4 is 0 Å².